The molecule has 4 heteroatoms. The Morgan fingerprint density at radius 2 is 2.25 bits per heavy atom. The van der Waals surface area contributed by atoms with E-state index in [2.05, 4.69) is 41.7 Å². The maximum Gasteiger partial charge on any atom is 0.334 e. The summed E-state index contributed by atoms with van der Waals surface area (Å²) in [6.07, 6.45) is 5.63. The lowest BCUT2D eigenvalue weighted by molar-refractivity contribution is -0.702. The summed E-state index contributed by atoms with van der Waals surface area (Å²) < 4.78 is 7.57. The van der Waals surface area contributed by atoms with E-state index in [4.69, 9.17) is 4.42 Å². The Kier molecular flexibility index (Phi) is 3.08. The Morgan fingerprint density at radius 3 is 2.81 bits per heavy atom. The molecule has 1 atom stereocenters. The van der Waals surface area contributed by atoms with Crippen molar-refractivity contribution in [3.63, 3.8) is 0 Å². The Bertz CT molecular complexity index is 431. The summed E-state index contributed by atoms with van der Waals surface area (Å²) in [6, 6.07) is 2.01. The molecule has 2 heterocycles. The molecule has 2 aromatic heterocycles. The van der Waals surface area contributed by atoms with Gasteiger partial charge in [-0.3, -0.25) is 5.10 Å². The Balaban J connectivity index is 2.03. The normalized spacial score (nSPS) is 13.2. The molecule has 0 aliphatic heterocycles. The molecule has 0 bridgehead atoms. The van der Waals surface area contributed by atoms with Crippen molar-refractivity contribution in [3.05, 3.63) is 36.3 Å². The second kappa shape index (κ2) is 4.51. The summed E-state index contributed by atoms with van der Waals surface area (Å²) in [5.41, 5.74) is 1.15. The Hall–Kier alpha value is -1.58. The number of aromatic amines is 1. The van der Waals surface area contributed by atoms with Gasteiger partial charge in [0, 0.05) is 17.8 Å². The van der Waals surface area contributed by atoms with E-state index in [-0.39, 0.29) is 0 Å². The molecule has 2 rings (SSSR count). The van der Waals surface area contributed by atoms with Crippen LogP contribution < -0.4 is 4.57 Å². The van der Waals surface area contributed by atoms with Gasteiger partial charge in [0.25, 0.3) is 0 Å². The van der Waals surface area contributed by atoms with Gasteiger partial charge in [-0.2, -0.15) is 9.67 Å². The van der Waals surface area contributed by atoms with Gasteiger partial charge in [-0.15, -0.1) is 0 Å². The van der Waals surface area contributed by atoms with Gasteiger partial charge in [0.05, 0.1) is 5.92 Å². The monoisotopic (exact) mass is 220 g/mol. The van der Waals surface area contributed by atoms with E-state index in [0.29, 0.717) is 11.8 Å². The molecular formula is C12H18N3O+. The van der Waals surface area contributed by atoms with E-state index in [1.807, 2.05) is 6.07 Å². The van der Waals surface area contributed by atoms with Crippen molar-refractivity contribution in [2.24, 2.45) is 0 Å². The van der Waals surface area contributed by atoms with E-state index in [0.717, 1.165) is 18.0 Å². The highest BCUT2D eigenvalue weighted by atomic mass is 16.3. The highest BCUT2D eigenvalue weighted by Gasteiger charge is 2.16. The van der Waals surface area contributed by atoms with Crippen LogP contribution in [0, 0.1) is 0 Å². The van der Waals surface area contributed by atoms with E-state index in [9.17, 15) is 0 Å². The molecule has 1 N–H and O–H groups in total. The van der Waals surface area contributed by atoms with Gasteiger partial charge in [0.1, 0.15) is 0 Å². The summed E-state index contributed by atoms with van der Waals surface area (Å²) in [5.74, 6) is 1.87. The predicted octanol–water partition coefficient (Wildman–Crippen LogP) is 2.22. The van der Waals surface area contributed by atoms with Crippen LogP contribution in [0.5, 0.6) is 0 Å². The van der Waals surface area contributed by atoms with Crippen LogP contribution in [0.1, 0.15) is 44.1 Å². The smallest absolute Gasteiger partial charge is 0.334 e. The van der Waals surface area contributed by atoms with Gasteiger partial charge in [-0.05, 0) is 6.07 Å². The molecule has 0 saturated carbocycles. The minimum absolute atomic E-state index is 0.408. The summed E-state index contributed by atoms with van der Waals surface area (Å²) in [6.45, 7) is 7.32. The first kappa shape index (κ1) is 10.9. The zero-order valence-corrected chi connectivity index (χ0v) is 9.97. The molecule has 0 saturated heterocycles. The molecule has 0 aliphatic rings. The van der Waals surface area contributed by atoms with Crippen LogP contribution in [0.3, 0.4) is 0 Å². The molecule has 16 heavy (non-hydrogen) atoms. The number of nitrogens with one attached hydrogen (secondary N) is 1. The zero-order valence-electron chi connectivity index (χ0n) is 9.97. The number of oxazole rings is 1. The molecule has 0 spiro atoms. The van der Waals surface area contributed by atoms with Crippen molar-refractivity contribution < 1.29 is 8.98 Å². The van der Waals surface area contributed by atoms with Crippen molar-refractivity contribution in [1.82, 2.24) is 10.2 Å². The van der Waals surface area contributed by atoms with E-state index < -0.39 is 0 Å². The summed E-state index contributed by atoms with van der Waals surface area (Å²) in [7, 11) is 0. The van der Waals surface area contributed by atoms with Gasteiger partial charge in [0.2, 0.25) is 6.20 Å². The molecule has 0 fully saturated rings. The van der Waals surface area contributed by atoms with Gasteiger partial charge >= 0.3 is 6.39 Å². The molecule has 2 aromatic rings. The second-order valence-corrected chi connectivity index (χ2v) is 4.52. The van der Waals surface area contributed by atoms with Gasteiger partial charge in [-0.1, -0.05) is 20.8 Å². The van der Waals surface area contributed by atoms with Gasteiger partial charge in [0.15, 0.2) is 12.3 Å². The third kappa shape index (κ3) is 2.32. The predicted molar refractivity (Wildman–Crippen MR) is 60.0 cm³/mol. The van der Waals surface area contributed by atoms with Crippen LogP contribution in [0.4, 0.5) is 0 Å². The number of hydrogen-bond acceptors (Lipinski definition) is 2. The van der Waals surface area contributed by atoms with Gasteiger partial charge in [-0.25, -0.2) is 0 Å². The van der Waals surface area contributed by atoms with Crippen LogP contribution in [0.25, 0.3) is 0 Å². The highest BCUT2D eigenvalue weighted by molar-refractivity contribution is 5.02. The third-order valence-corrected chi connectivity index (χ3v) is 2.72. The Morgan fingerprint density at radius 1 is 1.44 bits per heavy atom. The van der Waals surface area contributed by atoms with Crippen LogP contribution in [-0.4, -0.2) is 10.2 Å². The lowest BCUT2D eigenvalue weighted by Gasteiger charge is -2.02. The average Bonchev–Trinajstić information content (AvgIpc) is 2.87. The van der Waals surface area contributed by atoms with Crippen molar-refractivity contribution in [3.8, 4) is 0 Å². The largest absolute Gasteiger partial charge is 0.409 e. The first-order valence-electron chi connectivity index (χ1n) is 5.63. The molecule has 0 aliphatic carbocycles. The first-order valence-corrected chi connectivity index (χ1v) is 5.63. The minimum Gasteiger partial charge on any atom is -0.409 e. The van der Waals surface area contributed by atoms with Crippen molar-refractivity contribution in [2.45, 2.75) is 39.2 Å². The van der Waals surface area contributed by atoms with E-state index in [1.54, 1.807) is 12.6 Å². The quantitative estimate of drug-likeness (QED) is 0.803. The topological polar surface area (TPSA) is 45.7 Å². The highest BCUT2D eigenvalue weighted by Crippen LogP contribution is 2.14. The number of aromatic nitrogens is 3. The fraction of sp³-hybridized carbons (Fsp3) is 0.500. The van der Waals surface area contributed by atoms with Crippen molar-refractivity contribution in [2.75, 3.05) is 0 Å². The molecule has 4 nitrogen and oxygen atoms in total. The molecule has 1 unspecified atom stereocenters. The second-order valence-electron chi connectivity index (χ2n) is 4.52. The molecular weight excluding hydrogens is 202 g/mol. The van der Waals surface area contributed by atoms with E-state index in [1.165, 1.54) is 0 Å². The molecule has 86 valence electrons. The SMILES string of the molecule is CC(C)c1c[n+](CC(C)c2ccn[nH]2)co1. The first-order chi connectivity index (χ1) is 7.66. The van der Waals surface area contributed by atoms with Crippen LogP contribution in [-0.2, 0) is 6.54 Å². The van der Waals surface area contributed by atoms with Crippen molar-refractivity contribution in [1.29, 1.82) is 0 Å². The standard InChI is InChI=1S/C12H18N3O/c1-9(2)12-7-15(8-16-12)6-10(3)11-4-5-13-14-11/h4-5,7-10H,6H2,1-3H3,(H,13,14)/q+1. The molecule has 0 amide bonds. The van der Waals surface area contributed by atoms with Crippen LogP contribution in [0.15, 0.2) is 29.3 Å². The van der Waals surface area contributed by atoms with Crippen LogP contribution in [0.2, 0.25) is 0 Å². The van der Waals surface area contributed by atoms with E-state index >= 15 is 0 Å². The Labute approximate surface area is 95.3 Å². The fourth-order valence-electron chi connectivity index (χ4n) is 1.69. The lowest BCUT2D eigenvalue weighted by Crippen LogP contribution is -2.33. The van der Waals surface area contributed by atoms with Crippen LogP contribution >= 0.6 is 0 Å². The number of nitrogens with zero attached hydrogens (tertiary/aromatic N) is 2. The average molecular weight is 220 g/mol. The maximum atomic E-state index is 5.48. The maximum absolute atomic E-state index is 5.48. The molecule has 0 radical (unpaired) electrons. The number of H-pyrrole nitrogens is 1. The minimum atomic E-state index is 0.408. The third-order valence-electron chi connectivity index (χ3n) is 2.72. The van der Waals surface area contributed by atoms with Crippen molar-refractivity contribution >= 4 is 0 Å². The number of hydrogen-bond donors (Lipinski definition) is 1. The zero-order chi connectivity index (χ0) is 11.5. The fourth-order valence-corrected chi connectivity index (χ4v) is 1.69. The van der Waals surface area contributed by atoms with Gasteiger partial charge < -0.3 is 4.42 Å². The molecule has 0 aromatic carbocycles. The number of rotatable bonds is 4. The summed E-state index contributed by atoms with van der Waals surface area (Å²) in [4.78, 5) is 0. The summed E-state index contributed by atoms with van der Waals surface area (Å²) >= 11 is 0. The summed E-state index contributed by atoms with van der Waals surface area (Å²) in [5, 5.41) is 6.95. The lowest BCUT2D eigenvalue weighted by atomic mass is 10.1.